The largest absolute Gasteiger partial charge is 0.496 e. The highest BCUT2D eigenvalue weighted by Crippen LogP contribution is 2.40. The van der Waals surface area contributed by atoms with Crippen molar-refractivity contribution >= 4 is 5.97 Å². The molecule has 1 saturated heterocycles. The number of methoxy groups -OCH3 is 1. The van der Waals surface area contributed by atoms with E-state index in [0.717, 1.165) is 22.4 Å². The van der Waals surface area contributed by atoms with Gasteiger partial charge in [-0.2, -0.15) is 0 Å². The van der Waals surface area contributed by atoms with Crippen LogP contribution < -0.4 is 14.2 Å². The second kappa shape index (κ2) is 7.12. The number of ether oxygens (including phenoxy) is 3. The average molecular weight is 369 g/mol. The average Bonchev–Trinajstić information content (AvgIpc) is 3.29. The van der Waals surface area contributed by atoms with Crippen molar-refractivity contribution in [2.45, 2.75) is 19.4 Å². The third kappa shape index (κ3) is 3.45. The van der Waals surface area contributed by atoms with Crippen LogP contribution in [0.2, 0.25) is 0 Å². The molecule has 0 spiro atoms. The molecule has 2 aliphatic heterocycles. The normalized spacial score (nSPS) is 21.4. The topological polar surface area (TPSA) is 68.2 Å². The molecule has 4 rings (SSSR count). The monoisotopic (exact) mass is 369 g/mol. The number of rotatable bonds is 5. The van der Waals surface area contributed by atoms with E-state index in [1.54, 1.807) is 7.11 Å². The predicted molar refractivity (Wildman–Crippen MR) is 99.4 cm³/mol. The first kappa shape index (κ1) is 17.7. The van der Waals surface area contributed by atoms with Crippen molar-refractivity contribution < 1.29 is 24.1 Å². The standard InChI is InChI=1S/C21H23NO5/c1-13-3-4-15(19(7-13)25-2)9-22-10-16(17(11-22)21(23)24)14-5-6-18-20(8-14)27-12-26-18/h3-8,16-17H,9-12H2,1-2H3,(H,23,24)/t16-,17+/m0/s1. The SMILES string of the molecule is COc1cc(C)ccc1CN1C[C@@H](C(=O)O)[C@H](c2ccc3c(c2)OCO3)C1. The molecule has 0 saturated carbocycles. The van der Waals surface area contributed by atoms with Gasteiger partial charge in [0.05, 0.1) is 13.0 Å². The summed E-state index contributed by atoms with van der Waals surface area (Å²) in [6.45, 7) is 4.08. The number of carboxylic acids is 1. The summed E-state index contributed by atoms with van der Waals surface area (Å²) in [7, 11) is 1.66. The van der Waals surface area contributed by atoms with Crippen LogP contribution in [0.15, 0.2) is 36.4 Å². The Morgan fingerprint density at radius 3 is 2.78 bits per heavy atom. The molecule has 0 aliphatic carbocycles. The Morgan fingerprint density at radius 1 is 1.19 bits per heavy atom. The third-order valence-corrected chi connectivity index (χ3v) is 5.37. The van der Waals surface area contributed by atoms with E-state index in [-0.39, 0.29) is 12.7 Å². The Morgan fingerprint density at radius 2 is 2.00 bits per heavy atom. The van der Waals surface area contributed by atoms with E-state index >= 15 is 0 Å². The zero-order valence-corrected chi connectivity index (χ0v) is 15.5. The Kier molecular flexibility index (Phi) is 4.66. The minimum Gasteiger partial charge on any atom is -0.496 e. The lowest BCUT2D eigenvalue weighted by molar-refractivity contribution is -0.141. The lowest BCUT2D eigenvalue weighted by Gasteiger charge is -2.18. The Bertz CT molecular complexity index is 866. The summed E-state index contributed by atoms with van der Waals surface area (Å²) in [5.41, 5.74) is 3.18. The van der Waals surface area contributed by atoms with E-state index in [1.165, 1.54) is 0 Å². The highest BCUT2D eigenvalue weighted by Gasteiger charge is 2.39. The number of hydrogen-bond acceptors (Lipinski definition) is 5. The molecular weight excluding hydrogens is 346 g/mol. The molecule has 2 aliphatic rings. The van der Waals surface area contributed by atoms with Crippen molar-refractivity contribution in [2.75, 3.05) is 27.0 Å². The molecule has 2 aromatic rings. The molecule has 0 unspecified atom stereocenters. The summed E-state index contributed by atoms with van der Waals surface area (Å²) in [6, 6.07) is 11.8. The van der Waals surface area contributed by atoms with Crippen LogP contribution in [0.1, 0.15) is 22.6 Å². The van der Waals surface area contributed by atoms with Gasteiger partial charge in [-0.15, -0.1) is 0 Å². The summed E-state index contributed by atoms with van der Waals surface area (Å²) in [4.78, 5) is 14.1. The number of aliphatic carboxylic acids is 1. The first-order valence-corrected chi connectivity index (χ1v) is 9.03. The molecule has 0 radical (unpaired) electrons. The number of benzene rings is 2. The van der Waals surface area contributed by atoms with Crippen LogP contribution in [0.25, 0.3) is 0 Å². The predicted octanol–water partition coefficient (Wildman–Crippen LogP) is 3.03. The van der Waals surface area contributed by atoms with Crippen molar-refractivity contribution in [3.05, 3.63) is 53.1 Å². The minimum absolute atomic E-state index is 0.0894. The van der Waals surface area contributed by atoms with Crippen LogP contribution in [-0.4, -0.2) is 43.0 Å². The maximum Gasteiger partial charge on any atom is 0.308 e. The van der Waals surface area contributed by atoms with Gasteiger partial charge in [0.15, 0.2) is 11.5 Å². The summed E-state index contributed by atoms with van der Waals surface area (Å²) in [5.74, 6) is 0.930. The summed E-state index contributed by atoms with van der Waals surface area (Å²) >= 11 is 0. The second-order valence-corrected chi connectivity index (χ2v) is 7.17. The molecule has 2 atom stereocenters. The molecule has 6 heteroatoms. The van der Waals surface area contributed by atoms with E-state index in [0.29, 0.717) is 31.1 Å². The van der Waals surface area contributed by atoms with Gasteiger partial charge in [0.1, 0.15) is 5.75 Å². The van der Waals surface area contributed by atoms with Crippen LogP contribution in [0, 0.1) is 12.8 Å². The number of nitrogens with zero attached hydrogens (tertiary/aromatic N) is 1. The Labute approximate surface area is 158 Å². The molecule has 2 aromatic carbocycles. The van der Waals surface area contributed by atoms with Crippen LogP contribution in [0.3, 0.4) is 0 Å². The highest BCUT2D eigenvalue weighted by atomic mass is 16.7. The van der Waals surface area contributed by atoms with Crippen molar-refractivity contribution in [3.8, 4) is 17.2 Å². The summed E-state index contributed by atoms with van der Waals surface area (Å²) < 4.78 is 16.3. The molecule has 2 heterocycles. The van der Waals surface area contributed by atoms with Gasteiger partial charge in [0, 0.05) is 31.1 Å². The maximum atomic E-state index is 11.9. The lowest BCUT2D eigenvalue weighted by atomic mass is 9.89. The Hall–Kier alpha value is -2.73. The quantitative estimate of drug-likeness (QED) is 0.874. The van der Waals surface area contributed by atoms with E-state index < -0.39 is 11.9 Å². The van der Waals surface area contributed by atoms with Gasteiger partial charge >= 0.3 is 5.97 Å². The van der Waals surface area contributed by atoms with Gasteiger partial charge in [-0.1, -0.05) is 18.2 Å². The molecule has 142 valence electrons. The minimum atomic E-state index is -0.768. The first-order valence-electron chi connectivity index (χ1n) is 9.03. The van der Waals surface area contributed by atoms with E-state index in [1.807, 2.05) is 31.2 Å². The molecule has 0 bridgehead atoms. The van der Waals surface area contributed by atoms with Gasteiger partial charge in [0.2, 0.25) is 6.79 Å². The summed E-state index contributed by atoms with van der Waals surface area (Å²) in [5, 5.41) is 9.75. The second-order valence-electron chi connectivity index (χ2n) is 7.17. The van der Waals surface area contributed by atoms with E-state index in [4.69, 9.17) is 14.2 Å². The fourth-order valence-electron chi connectivity index (χ4n) is 3.97. The molecule has 27 heavy (non-hydrogen) atoms. The van der Waals surface area contributed by atoms with Crippen LogP contribution in [0.4, 0.5) is 0 Å². The first-order chi connectivity index (χ1) is 13.0. The van der Waals surface area contributed by atoms with Gasteiger partial charge in [-0.3, -0.25) is 9.69 Å². The van der Waals surface area contributed by atoms with Gasteiger partial charge in [-0.05, 0) is 36.2 Å². The zero-order valence-electron chi connectivity index (χ0n) is 15.5. The number of aryl methyl sites for hydroxylation is 1. The number of fused-ring (bicyclic) bond motifs is 1. The van der Waals surface area contributed by atoms with Gasteiger partial charge in [-0.25, -0.2) is 0 Å². The van der Waals surface area contributed by atoms with E-state index in [9.17, 15) is 9.90 Å². The molecule has 6 nitrogen and oxygen atoms in total. The molecule has 1 N–H and O–H groups in total. The van der Waals surface area contributed by atoms with Gasteiger partial charge in [0.25, 0.3) is 0 Å². The lowest BCUT2D eigenvalue weighted by Crippen LogP contribution is -2.23. The van der Waals surface area contributed by atoms with Crippen molar-refractivity contribution in [2.24, 2.45) is 5.92 Å². The maximum absolute atomic E-state index is 11.9. The zero-order chi connectivity index (χ0) is 19.0. The number of likely N-dealkylation sites (tertiary alicyclic amines) is 1. The Balaban J connectivity index is 1.56. The van der Waals surface area contributed by atoms with Crippen LogP contribution in [0.5, 0.6) is 17.2 Å². The molecule has 0 amide bonds. The summed E-state index contributed by atoms with van der Waals surface area (Å²) in [6.07, 6.45) is 0. The molecular formula is C21H23NO5. The smallest absolute Gasteiger partial charge is 0.308 e. The highest BCUT2D eigenvalue weighted by molar-refractivity contribution is 5.72. The van der Waals surface area contributed by atoms with Crippen molar-refractivity contribution in [1.82, 2.24) is 4.90 Å². The van der Waals surface area contributed by atoms with Crippen LogP contribution in [-0.2, 0) is 11.3 Å². The number of carbonyl (C=O) groups is 1. The van der Waals surface area contributed by atoms with E-state index in [2.05, 4.69) is 17.0 Å². The van der Waals surface area contributed by atoms with Crippen LogP contribution >= 0.6 is 0 Å². The number of hydrogen-bond donors (Lipinski definition) is 1. The van der Waals surface area contributed by atoms with Crippen molar-refractivity contribution in [1.29, 1.82) is 0 Å². The molecule has 0 aromatic heterocycles. The van der Waals surface area contributed by atoms with Gasteiger partial charge < -0.3 is 19.3 Å². The third-order valence-electron chi connectivity index (χ3n) is 5.37. The molecule has 1 fully saturated rings. The fourth-order valence-corrected chi connectivity index (χ4v) is 3.97. The van der Waals surface area contributed by atoms with Crippen molar-refractivity contribution in [3.63, 3.8) is 0 Å². The number of carboxylic acid groups (broad SMARTS) is 1. The fraction of sp³-hybridized carbons (Fsp3) is 0.381.